The number of carboxylic acids is 1. The number of carbonyl (C=O) groups is 2. The fraction of sp³-hybridized carbons (Fsp3) is 0.222. The number of aryl methyl sites for hydroxylation is 1. The van der Waals surface area contributed by atoms with Crippen LogP contribution in [-0.2, 0) is 11.2 Å². The Morgan fingerprint density at radius 1 is 1.13 bits per heavy atom. The first-order valence-corrected chi connectivity index (χ1v) is 7.51. The Hall–Kier alpha value is -2.82. The summed E-state index contributed by atoms with van der Waals surface area (Å²) in [5.74, 6) is -1.42. The topological polar surface area (TPSA) is 86.6 Å². The monoisotopic (exact) mass is 311 g/mol. The molecule has 1 aromatic rings. The standard InChI is InChI=1S/C18H17NO4/c20-16-10-11-6-7-12(18(22)23)8-13(11)9-15(16)17(21)19-14-4-2-1-3-5-14/h1-2,4,8-10,20H,3,5-7H2,(H,19,21)(H,22,23). The molecule has 0 unspecified atom stereocenters. The maximum atomic E-state index is 12.4. The van der Waals surface area contributed by atoms with Crippen molar-refractivity contribution < 1.29 is 19.8 Å². The third-order valence-electron chi connectivity index (χ3n) is 4.06. The first kappa shape index (κ1) is 15.1. The Morgan fingerprint density at radius 2 is 1.96 bits per heavy atom. The van der Waals surface area contributed by atoms with Gasteiger partial charge in [0.05, 0.1) is 5.56 Å². The number of fused-ring (bicyclic) bond motifs is 1. The molecule has 1 amide bonds. The predicted octanol–water partition coefficient (Wildman–Crippen LogP) is 2.77. The van der Waals surface area contributed by atoms with Gasteiger partial charge in [-0.25, -0.2) is 4.79 Å². The van der Waals surface area contributed by atoms with E-state index in [-0.39, 0.29) is 17.2 Å². The summed E-state index contributed by atoms with van der Waals surface area (Å²) >= 11 is 0. The van der Waals surface area contributed by atoms with Crippen molar-refractivity contribution in [3.63, 3.8) is 0 Å². The fourth-order valence-corrected chi connectivity index (χ4v) is 2.80. The summed E-state index contributed by atoms with van der Waals surface area (Å²) in [6.45, 7) is 0. The zero-order valence-electron chi connectivity index (χ0n) is 12.5. The second-order valence-electron chi connectivity index (χ2n) is 5.66. The number of aromatic hydroxyl groups is 1. The normalized spacial score (nSPS) is 16.2. The van der Waals surface area contributed by atoms with Crippen LogP contribution in [0.15, 0.2) is 41.6 Å². The van der Waals surface area contributed by atoms with Gasteiger partial charge in [-0.1, -0.05) is 12.2 Å². The van der Waals surface area contributed by atoms with E-state index in [1.165, 1.54) is 0 Å². The van der Waals surface area contributed by atoms with Gasteiger partial charge in [0.1, 0.15) is 5.75 Å². The number of carboxylic acid groups (broad SMARTS) is 1. The van der Waals surface area contributed by atoms with Crippen LogP contribution in [0.2, 0.25) is 0 Å². The highest BCUT2D eigenvalue weighted by molar-refractivity contribution is 5.99. The van der Waals surface area contributed by atoms with Crippen LogP contribution in [0, 0.1) is 0 Å². The Labute approximate surface area is 133 Å². The SMILES string of the molecule is O=C(O)C1=Cc2cc(C(=O)NC3=CC=CCC3)c(O)cc2CC1. The molecule has 0 saturated carbocycles. The van der Waals surface area contributed by atoms with E-state index in [1.807, 2.05) is 18.2 Å². The van der Waals surface area contributed by atoms with E-state index in [9.17, 15) is 14.7 Å². The number of phenolic OH excluding ortho intramolecular Hbond substituents is 1. The minimum atomic E-state index is -0.950. The van der Waals surface area contributed by atoms with Gasteiger partial charge in [-0.05, 0) is 61.1 Å². The predicted molar refractivity (Wildman–Crippen MR) is 86.0 cm³/mol. The third-order valence-corrected chi connectivity index (χ3v) is 4.06. The second-order valence-corrected chi connectivity index (χ2v) is 5.66. The summed E-state index contributed by atoms with van der Waals surface area (Å²) in [4.78, 5) is 23.5. The van der Waals surface area contributed by atoms with Crippen LogP contribution in [-0.4, -0.2) is 22.1 Å². The summed E-state index contributed by atoms with van der Waals surface area (Å²) in [6, 6.07) is 3.11. The summed E-state index contributed by atoms with van der Waals surface area (Å²) in [5, 5.41) is 22.0. The van der Waals surface area contributed by atoms with Gasteiger partial charge >= 0.3 is 5.97 Å². The van der Waals surface area contributed by atoms with E-state index in [1.54, 1.807) is 18.2 Å². The molecule has 0 atom stereocenters. The van der Waals surface area contributed by atoms with Crippen LogP contribution in [0.4, 0.5) is 0 Å². The first-order chi connectivity index (χ1) is 11.0. The van der Waals surface area contributed by atoms with E-state index in [2.05, 4.69) is 5.32 Å². The van der Waals surface area contributed by atoms with Crippen LogP contribution in [0.5, 0.6) is 5.75 Å². The molecule has 118 valence electrons. The van der Waals surface area contributed by atoms with Crippen LogP contribution in [0.1, 0.15) is 40.7 Å². The number of hydrogen-bond acceptors (Lipinski definition) is 3. The number of hydrogen-bond donors (Lipinski definition) is 3. The molecule has 0 saturated heterocycles. The van der Waals surface area contributed by atoms with Gasteiger partial charge in [-0.3, -0.25) is 4.79 Å². The highest BCUT2D eigenvalue weighted by atomic mass is 16.4. The van der Waals surface area contributed by atoms with Gasteiger partial charge in [0.15, 0.2) is 0 Å². The minimum absolute atomic E-state index is 0.0830. The summed E-state index contributed by atoms with van der Waals surface area (Å²) in [7, 11) is 0. The smallest absolute Gasteiger partial charge is 0.331 e. The van der Waals surface area contributed by atoms with E-state index >= 15 is 0 Å². The molecule has 2 aliphatic carbocycles. The largest absolute Gasteiger partial charge is 0.507 e. The Bertz CT molecular complexity index is 771. The zero-order chi connectivity index (χ0) is 16.4. The lowest BCUT2D eigenvalue weighted by atomic mass is 9.90. The molecule has 1 aromatic carbocycles. The number of nitrogens with one attached hydrogen (secondary N) is 1. The van der Waals surface area contributed by atoms with Gasteiger partial charge in [0.25, 0.3) is 5.91 Å². The van der Waals surface area contributed by atoms with Crippen molar-refractivity contribution in [2.75, 3.05) is 0 Å². The third kappa shape index (κ3) is 3.18. The summed E-state index contributed by atoms with van der Waals surface area (Å²) in [6.07, 6.45) is 9.88. The van der Waals surface area contributed by atoms with Crippen molar-refractivity contribution in [2.45, 2.75) is 25.7 Å². The molecule has 5 nitrogen and oxygen atoms in total. The molecular weight excluding hydrogens is 294 g/mol. The molecule has 0 spiro atoms. The summed E-state index contributed by atoms with van der Waals surface area (Å²) < 4.78 is 0. The molecule has 5 heteroatoms. The van der Waals surface area contributed by atoms with Crippen molar-refractivity contribution in [2.24, 2.45) is 0 Å². The lowest BCUT2D eigenvalue weighted by Crippen LogP contribution is -2.23. The van der Waals surface area contributed by atoms with Gasteiger partial charge in [0, 0.05) is 11.3 Å². The van der Waals surface area contributed by atoms with Crippen molar-refractivity contribution in [3.05, 3.63) is 58.3 Å². The lowest BCUT2D eigenvalue weighted by molar-refractivity contribution is -0.132. The minimum Gasteiger partial charge on any atom is -0.507 e. The molecule has 0 fully saturated rings. The van der Waals surface area contributed by atoms with Crippen LogP contribution >= 0.6 is 0 Å². The average molecular weight is 311 g/mol. The fourth-order valence-electron chi connectivity index (χ4n) is 2.80. The van der Waals surface area contributed by atoms with Gasteiger partial charge in [0.2, 0.25) is 0 Å². The maximum Gasteiger partial charge on any atom is 0.331 e. The molecule has 0 radical (unpaired) electrons. The Kier molecular flexibility index (Phi) is 4.02. The number of allylic oxidation sites excluding steroid dienone is 4. The van der Waals surface area contributed by atoms with Gasteiger partial charge in [-0.15, -0.1) is 0 Å². The maximum absolute atomic E-state index is 12.4. The summed E-state index contributed by atoms with van der Waals surface area (Å²) in [5.41, 5.74) is 2.80. The quantitative estimate of drug-likeness (QED) is 0.801. The molecule has 3 rings (SSSR count). The van der Waals surface area contributed by atoms with Crippen molar-refractivity contribution in [1.29, 1.82) is 0 Å². The van der Waals surface area contributed by atoms with Crippen molar-refractivity contribution in [3.8, 4) is 5.75 Å². The average Bonchev–Trinajstić information content (AvgIpc) is 2.54. The number of rotatable bonds is 3. The Morgan fingerprint density at radius 3 is 2.65 bits per heavy atom. The molecule has 0 bridgehead atoms. The number of carbonyl (C=O) groups excluding carboxylic acids is 1. The molecular formula is C18H17NO4. The van der Waals surface area contributed by atoms with Crippen molar-refractivity contribution >= 4 is 18.0 Å². The number of benzene rings is 1. The van der Waals surface area contributed by atoms with E-state index in [0.29, 0.717) is 24.0 Å². The lowest BCUT2D eigenvalue weighted by Gasteiger charge is -2.17. The molecule has 2 aliphatic rings. The number of phenols is 1. The Balaban J connectivity index is 1.90. The van der Waals surface area contributed by atoms with Gasteiger partial charge < -0.3 is 15.5 Å². The second kappa shape index (κ2) is 6.12. The van der Waals surface area contributed by atoms with Gasteiger partial charge in [-0.2, -0.15) is 0 Å². The first-order valence-electron chi connectivity index (χ1n) is 7.51. The van der Waals surface area contributed by atoms with E-state index in [0.717, 1.165) is 24.1 Å². The van der Waals surface area contributed by atoms with E-state index in [4.69, 9.17) is 5.11 Å². The van der Waals surface area contributed by atoms with Crippen LogP contribution in [0.25, 0.3) is 6.08 Å². The highest BCUT2D eigenvalue weighted by Gasteiger charge is 2.20. The van der Waals surface area contributed by atoms with E-state index < -0.39 is 5.97 Å². The highest BCUT2D eigenvalue weighted by Crippen LogP contribution is 2.30. The van der Waals surface area contributed by atoms with Crippen molar-refractivity contribution in [1.82, 2.24) is 5.32 Å². The molecule has 0 aromatic heterocycles. The number of aliphatic carboxylic acids is 1. The molecule has 3 N–H and O–H groups in total. The van der Waals surface area contributed by atoms with Crippen LogP contribution in [0.3, 0.4) is 0 Å². The molecule has 0 heterocycles. The number of amides is 1. The molecule has 0 aliphatic heterocycles. The molecule has 23 heavy (non-hydrogen) atoms. The zero-order valence-corrected chi connectivity index (χ0v) is 12.5. The van der Waals surface area contributed by atoms with Crippen LogP contribution < -0.4 is 5.32 Å².